The standard InChI is InChI=1S/C21H26N4O4S/c1-30(28,29)25(13-5-3-2-4-6-21(26)24-27)18-8-10-20(23-15-18)16-7-9-19-17(14-16)11-12-22-19/h7-12,14-15,22,27H,2-6,13H2,1H3,(H,24,26). The molecule has 3 rings (SSSR count). The summed E-state index contributed by atoms with van der Waals surface area (Å²) in [5.41, 5.74) is 4.93. The fourth-order valence-electron chi connectivity index (χ4n) is 3.35. The number of nitrogens with zero attached hydrogens (tertiary/aromatic N) is 2. The van der Waals surface area contributed by atoms with Crippen molar-refractivity contribution < 1.29 is 18.4 Å². The first-order chi connectivity index (χ1) is 14.4. The maximum atomic E-state index is 12.3. The monoisotopic (exact) mass is 430 g/mol. The van der Waals surface area contributed by atoms with Crippen molar-refractivity contribution in [1.29, 1.82) is 0 Å². The van der Waals surface area contributed by atoms with Gasteiger partial charge in [0.1, 0.15) is 0 Å². The molecule has 30 heavy (non-hydrogen) atoms. The van der Waals surface area contributed by atoms with Crippen molar-refractivity contribution >= 4 is 32.5 Å². The number of anilines is 1. The molecule has 1 aromatic carbocycles. The molecule has 1 amide bonds. The number of pyridine rings is 1. The molecular formula is C21H26N4O4S. The minimum atomic E-state index is -3.43. The molecule has 0 radical (unpaired) electrons. The van der Waals surface area contributed by atoms with Crippen LogP contribution in [0.3, 0.4) is 0 Å². The smallest absolute Gasteiger partial charge is 0.243 e. The molecule has 2 aromatic heterocycles. The van der Waals surface area contributed by atoms with Crippen LogP contribution in [0.25, 0.3) is 22.2 Å². The third-order valence-electron chi connectivity index (χ3n) is 4.92. The summed E-state index contributed by atoms with van der Waals surface area (Å²) in [5.74, 6) is -0.408. The molecule has 0 aliphatic carbocycles. The second-order valence-corrected chi connectivity index (χ2v) is 9.12. The minimum Gasteiger partial charge on any atom is -0.361 e. The summed E-state index contributed by atoms with van der Waals surface area (Å²) in [5, 5.41) is 9.56. The molecule has 0 unspecified atom stereocenters. The van der Waals surface area contributed by atoms with E-state index in [2.05, 4.69) is 9.97 Å². The van der Waals surface area contributed by atoms with Gasteiger partial charge in [-0.1, -0.05) is 18.9 Å². The summed E-state index contributed by atoms with van der Waals surface area (Å²) in [7, 11) is -3.43. The summed E-state index contributed by atoms with van der Waals surface area (Å²) in [4.78, 5) is 18.6. The summed E-state index contributed by atoms with van der Waals surface area (Å²) in [6, 6.07) is 11.6. The number of fused-ring (bicyclic) bond motifs is 1. The van der Waals surface area contributed by atoms with Gasteiger partial charge in [-0.2, -0.15) is 0 Å². The molecule has 2 heterocycles. The number of carbonyl (C=O) groups excluding carboxylic acids is 1. The number of aromatic amines is 1. The number of benzene rings is 1. The largest absolute Gasteiger partial charge is 0.361 e. The summed E-state index contributed by atoms with van der Waals surface area (Å²) in [6.45, 7) is 0.349. The van der Waals surface area contributed by atoms with Crippen molar-refractivity contribution in [2.24, 2.45) is 0 Å². The van der Waals surface area contributed by atoms with Crippen LogP contribution >= 0.6 is 0 Å². The Bertz CT molecular complexity index is 1090. The summed E-state index contributed by atoms with van der Waals surface area (Å²) < 4.78 is 25.9. The van der Waals surface area contributed by atoms with Gasteiger partial charge in [-0.15, -0.1) is 0 Å². The normalized spacial score (nSPS) is 11.5. The maximum Gasteiger partial charge on any atom is 0.243 e. The molecule has 0 saturated heterocycles. The number of nitrogens with one attached hydrogen (secondary N) is 2. The highest BCUT2D eigenvalue weighted by atomic mass is 32.2. The van der Waals surface area contributed by atoms with Gasteiger partial charge in [0, 0.05) is 35.6 Å². The Morgan fingerprint density at radius 1 is 1.13 bits per heavy atom. The second kappa shape index (κ2) is 9.73. The van der Waals surface area contributed by atoms with Crippen LogP contribution in [0.1, 0.15) is 32.1 Å². The highest BCUT2D eigenvalue weighted by molar-refractivity contribution is 7.92. The number of amides is 1. The number of aromatic nitrogens is 2. The van der Waals surface area contributed by atoms with Crippen LogP contribution in [-0.2, 0) is 14.8 Å². The maximum absolute atomic E-state index is 12.3. The Hall–Kier alpha value is -2.91. The van der Waals surface area contributed by atoms with Gasteiger partial charge in [-0.25, -0.2) is 13.9 Å². The average Bonchev–Trinajstić information content (AvgIpc) is 3.20. The number of hydrogen-bond donors (Lipinski definition) is 3. The highest BCUT2D eigenvalue weighted by Gasteiger charge is 2.17. The first-order valence-corrected chi connectivity index (χ1v) is 11.7. The van der Waals surface area contributed by atoms with Crippen LogP contribution in [0.2, 0.25) is 0 Å². The number of unbranched alkanes of at least 4 members (excludes halogenated alkanes) is 3. The van der Waals surface area contributed by atoms with E-state index in [4.69, 9.17) is 5.21 Å². The predicted octanol–water partition coefficient (Wildman–Crippen LogP) is 3.45. The van der Waals surface area contributed by atoms with Crippen molar-refractivity contribution in [2.45, 2.75) is 32.1 Å². The van der Waals surface area contributed by atoms with Gasteiger partial charge in [-0.05, 0) is 43.2 Å². The van der Waals surface area contributed by atoms with Gasteiger partial charge in [0.15, 0.2) is 0 Å². The number of hydrogen-bond acceptors (Lipinski definition) is 5. The van der Waals surface area contributed by atoms with Crippen LogP contribution in [-0.4, -0.2) is 42.3 Å². The number of rotatable bonds is 10. The molecule has 0 saturated carbocycles. The zero-order valence-corrected chi connectivity index (χ0v) is 17.7. The van der Waals surface area contributed by atoms with E-state index in [1.165, 1.54) is 10.6 Å². The number of hydroxylamine groups is 1. The molecule has 3 aromatic rings. The molecule has 8 nitrogen and oxygen atoms in total. The lowest BCUT2D eigenvalue weighted by Crippen LogP contribution is -2.31. The van der Waals surface area contributed by atoms with Gasteiger partial charge in [0.05, 0.1) is 23.8 Å². The molecule has 0 bridgehead atoms. The van der Waals surface area contributed by atoms with Crippen molar-refractivity contribution in [3.8, 4) is 11.3 Å². The third kappa shape index (κ3) is 5.58. The Balaban J connectivity index is 1.63. The number of H-pyrrole nitrogens is 1. The Morgan fingerprint density at radius 2 is 1.93 bits per heavy atom. The zero-order chi connectivity index (χ0) is 21.6. The molecular weight excluding hydrogens is 404 g/mol. The van der Waals surface area contributed by atoms with Crippen LogP contribution in [0.4, 0.5) is 5.69 Å². The van der Waals surface area contributed by atoms with E-state index < -0.39 is 15.9 Å². The molecule has 160 valence electrons. The van der Waals surface area contributed by atoms with Gasteiger partial charge in [-0.3, -0.25) is 19.3 Å². The van der Waals surface area contributed by atoms with E-state index in [0.717, 1.165) is 35.0 Å². The van der Waals surface area contributed by atoms with E-state index in [-0.39, 0.29) is 6.42 Å². The Morgan fingerprint density at radius 3 is 2.63 bits per heavy atom. The number of sulfonamides is 1. The van der Waals surface area contributed by atoms with E-state index in [9.17, 15) is 13.2 Å². The van der Waals surface area contributed by atoms with Gasteiger partial charge in [0.25, 0.3) is 0 Å². The van der Waals surface area contributed by atoms with Gasteiger partial charge in [0.2, 0.25) is 15.9 Å². The predicted molar refractivity (Wildman–Crippen MR) is 117 cm³/mol. The van der Waals surface area contributed by atoms with Gasteiger partial charge >= 0.3 is 0 Å². The van der Waals surface area contributed by atoms with E-state index in [0.29, 0.717) is 25.1 Å². The van der Waals surface area contributed by atoms with Crippen molar-refractivity contribution in [2.75, 3.05) is 17.1 Å². The minimum absolute atomic E-state index is 0.256. The van der Waals surface area contributed by atoms with Crippen molar-refractivity contribution in [3.63, 3.8) is 0 Å². The van der Waals surface area contributed by atoms with E-state index in [1.807, 2.05) is 36.5 Å². The van der Waals surface area contributed by atoms with E-state index in [1.54, 1.807) is 17.7 Å². The van der Waals surface area contributed by atoms with Crippen LogP contribution in [0, 0.1) is 0 Å². The van der Waals surface area contributed by atoms with Crippen LogP contribution in [0.5, 0.6) is 0 Å². The SMILES string of the molecule is CS(=O)(=O)N(CCCCCCC(=O)NO)c1ccc(-c2ccc3[nH]ccc3c2)nc1. The van der Waals surface area contributed by atoms with Crippen LogP contribution < -0.4 is 9.79 Å². The molecule has 0 atom stereocenters. The molecule has 0 spiro atoms. The number of carbonyl (C=O) groups is 1. The lowest BCUT2D eigenvalue weighted by molar-refractivity contribution is -0.129. The second-order valence-electron chi connectivity index (χ2n) is 7.22. The highest BCUT2D eigenvalue weighted by Crippen LogP contribution is 2.25. The molecule has 9 heteroatoms. The molecule has 0 aliphatic rings. The van der Waals surface area contributed by atoms with Crippen molar-refractivity contribution in [3.05, 3.63) is 48.8 Å². The van der Waals surface area contributed by atoms with Gasteiger partial charge < -0.3 is 4.98 Å². The summed E-state index contributed by atoms with van der Waals surface area (Å²) in [6.07, 6.45) is 7.79. The zero-order valence-electron chi connectivity index (χ0n) is 16.8. The first-order valence-electron chi connectivity index (χ1n) is 9.83. The van der Waals surface area contributed by atoms with E-state index >= 15 is 0 Å². The third-order valence-corrected chi connectivity index (χ3v) is 6.12. The summed E-state index contributed by atoms with van der Waals surface area (Å²) >= 11 is 0. The topological polar surface area (TPSA) is 115 Å². The lowest BCUT2D eigenvalue weighted by Gasteiger charge is -2.22. The molecule has 0 fully saturated rings. The Kier molecular flexibility index (Phi) is 7.07. The van der Waals surface area contributed by atoms with Crippen LogP contribution in [0.15, 0.2) is 48.8 Å². The quantitative estimate of drug-likeness (QED) is 0.259. The lowest BCUT2D eigenvalue weighted by atomic mass is 10.1. The average molecular weight is 431 g/mol. The Labute approximate surface area is 175 Å². The molecule has 3 N–H and O–H groups in total. The van der Waals surface area contributed by atoms with Crippen molar-refractivity contribution in [1.82, 2.24) is 15.4 Å². The fourth-order valence-corrected chi connectivity index (χ4v) is 4.31. The fraction of sp³-hybridized carbons (Fsp3) is 0.333. The first kappa shape index (κ1) is 21.8. The molecule has 0 aliphatic heterocycles.